The summed E-state index contributed by atoms with van der Waals surface area (Å²) in [5.41, 5.74) is 0. The normalized spacial score (nSPS) is 10.8. The van der Waals surface area contributed by atoms with Crippen LogP contribution in [0.2, 0.25) is 0 Å². The summed E-state index contributed by atoms with van der Waals surface area (Å²) in [5, 5.41) is 3.37. The Bertz CT molecular complexity index is 315. The van der Waals surface area contributed by atoms with Gasteiger partial charge in [0.2, 0.25) is 5.95 Å². The molecule has 0 saturated carbocycles. The highest BCUT2D eigenvalue weighted by Gasteiger charge is 2.01. The Morgan fingerprint density at radius 2 is 2.11 bits per heavy atom. The van der Waals surface area contributed by atoms with Crippen LogP contribution in [0, 0.1) is 0 Å². The molecule has 1 aromatic heterocycles. The molecule has 0 unspecified atom stereocenters. The molecule has 1 aromatic rings. The second-order valence-electron chi connectivity index (χ2n) is 4.54. The van der Waals surface area contributed by atoms with Crippen molar-refractivity contribution in [2.45, 2.75) is 39.2 Å². The van der Waals surface area contributed by atoms with E-state index in [0.717, 1.165) is 38.5 Å². The van der Waals surface area contributed by atoms with E-state index in [4.69, 9.17) is 9.47 Å². The Kier molecular flexibility index (Phi) is 9.10. The smallest absolute Gasteiger partial charge is 0.202 e. The van der Waals surface area contributed by atoms with Gasteiger partial charge in [-0.1, -0.05) is 13.3 Å². The Balaban J connectivity index is 2.10. The summed E-state index contributed by atoms with van der Waals surface area (Å²) in [7, 11) is 1.69. The maximum Gasteiger partial charge on any atom is 0.202 e. The molecule has 0 saturated heterocycles. The fourth-order valence-electron chi connectivity index (χ4n) is 1.76. The number of rotatable bonds is 12. The summed E-state index contributed by atoms with van der Waals surface area (Å²) in [5.74, 6) is 0.980. The molecule has 0 bridgehead atoms. The number of ether oxygens (including phenoxy) is 2. The first-order valence-corrected chi connectivity index (χ1v) is 7.20. The molecular weight excluding hydrogens is 242 g/mol. The molecule has 5 heteroatoms. The predicted octanol–water partition coefficient (Wildman–Crippen LogP) is 2.54. The molecule has 0 radical (unpaired) electrons. The van der Waals surface area contributed by atoms with Crippen LogP contribution in [-0.4, -0.2) is 43.0 Å². The molecular formula is C14H27N3O2. The van der Waals surface area contributed by atoms with Gasteiger partial charge in [-0.3, -0.25) is 0 Å². The Morgan fingerprint density at radius 3 is 2.89 bits per heavy atom. The van der Waals surface area contributed by atoms with Crippen LogP contribution in [0.3, 0.4) is 0 Å². The van der Waals surface area contributed by atoms with Gasteiger partial charge in [0, 0.05) is 39.2 Å². The van der Waals surface area contributed by atoms with Gasteiger partial charge in [0.05, 0.1) is 13.2 Å². The van der Waals surface area contributed by atoms with Crippen LogP contribution in [0.1, 0.15) is 32.6 Å². The van der Waals surface area contributed by atoms with Gasteiger partial charge in [-0.2, -0.15) is 0 Å². The van der Waals surface area contributed by atoms with Crippen molar-refractivity contribution < 1.29 is 9.47 Å². The van der Waals surface area contributed by atoms with Crippen molar-refractivity contribution in [1.82, 2.24) is 9.55 Å². The second kappa shape index (κ2) is 10.8. The summed E-state index contributed by atoms with van der Waals surface area (Å²) < 4.78 is 12.5. The number of aromatic nitrogens is 2. The van der Waals surface area contributed by atoms with E-state index >= 15 is 0 Å². The minimum atomic E-state index is 0.674. The molecule has 0 fully saturated rings. The number of unbranched alkanes of at least 4 members (excludes halogenated alkanes) is 2. The molecule has 0 aliphatic carbocycles. The Labute approximate surface area is 116 Å². The van der Waals surface area contributed by atoms with Gasteiger partial charge >= 0.3 is 0 Å². The fourth-order valence-corrected chi connectivity index (χ4v) is 1.76. The first-order chi connectivity index (χ1) is 9.38. The highest BCUT2D eigenvalue weighted by atomic mass is 16.5. The third-order valence-electron chi connectivity index (χ3n) is 2.90. The van der Waals surface area contributed by atoms with Crippen molar-refractivity contribution in [2.24, 2.45) is 0 Å². The first kappa shape index (κ1) is 16.0. The highest BCUT2D eigenvalue weighted by molar-refractivity contribution is 5.25. The van der Waals surface area contributed by atoms with Crippen molar-refractivity contribution >= 4 is 5.95 Å². The van der Waals surface area contributed by atoms with E-state index in [1.165, 1.54) is 12.8 Å². The van der Waals surface area contributed by atoms with E-state index in [-0.39, 0.29) is 0 Å². The lowest BCUT2D eigenvalue weighted by atomic mass is 10.3. The van der Waals surface area contributed by atoms with Crippen LogP contribution < -0.4 is 5.32 Å². The van der Waals surface area contributed by atoms with Crippen molar-refractivity contribution in [2.75, 3.05) is 38.8 Å². The van der Waals surface area contributed by atoms with Crippen molar-refractivity contribution in [3.8, 4) is 0 Å². The molecule has 110 valence electrons. The molecule has 0 aromatic carbocycles. The number of aryl methyl sites for hydroxylation is 1. The zero-order valence-electron chi connectivity index (χ0n) is 12.2. The maximum absolute atomic E-state index is 5.44. The monoisotopic (exact) mass is 269 g/mol. The summed E-state index contributed by atoms with van der Waals surface area (Å²) in [6.45, 7) is 6.34. The number of anilines is 1. The average Bonchev–Trinajstić information content (AvgIpc) is 2.86. The van der Waals surface area contributed by atoms with Crippen molar-refractivity contribution in [3.05, 3.63) is 12.4 Å². The van der Waals surface area contributed by atoms with Crippen LogP contribution in [0.25, 0.3) is 0 Å². The van der Waals surface area contributed by atoms with E-state index in [1.807, 2.05) is 12.4 Å². The second-order valence-corrected chi connectivity index (χ2v) is 4.54. The van der Waals surface area contributed by atoms with E-state index in [1.54, 1.807) is 7.11 Å². The molecule has 1 N–H and O–H groups in total. The van der Waals surface area contributed by atoms with Crippen molar-refractivity contribution in [1.29, 1.82) is 0 Å². The molecule has 0 aliphatic rings. The molecule has 0 spiro atoms. The molecule has 0 amide bonds. The minimum Gasteiger partial charge on any atom is -0.382 e. The molecule has 0 aliphatic heterocycles. The SMILES string of the molecule is CCCCNc1nccn1CCCCOCCOC. The molecule has 1 rings (SSSR count). The maximum atomic E-state index is 5.44. The number of nitrogens with zero attached hydrogens (tertiary/aromatic N) is 2. The molecule has 1 heterocycles. The largest absolute Gasteiger partial charge is 0.382 e. The third kappa shape index (κ3) is 7.18. The Morgan fingerprint density at radius 1 is 1.21 bits per heavy atom. The van der Waals surface area contributed by atoms with Gasteiger partial charge in [0.25, 0.3) is 0 Å². The van der Waals surface area contributed by atoms with E-state index in [2.05, 4.69) is 21.8 Å². The molecule has 0 atom stereocenters. The zero-order chi connectivity index (χ0) is 13.8. The molecule has 19 heavy (non-hydrogen) atoms. The lowest BCUT2D eigenvalue weighted by Crippen LogP contribution is -2.09. The van der Waals surface area contributed by atoms with Gasteiger partial charge in [0.1, 0.15) is 0 Å². The number of hydrogen-bond donors (Lipinski definition) is 1. The Hall–Kier alpha value is -1.07. The minimum absolute atomic E-state index is 0.674. The van der Waals surface area contributed by atoms with Gasteiger partial charge in [0.15, 0.2) is 0 Å². The van der Waals surface area contributed by atoms with Crippen LogP contribution in [0.15, 0.2) is 12.4 Å². The van der Waals surface area contributed by atoms with Crippen LogP contribution in [0.5, 0.6) is 0 Å². The summed E-state index contributed by atoms with van der Waals surface area (Å²) in [6, 6.07) is 0. The fraction of sp³-hybridized carbons (Fsp3) is 0.786. The standard InChI is InChI=1S/C14H27N3O2/c1-3-4-7-15-14-16-8-10-17(14)9-5-6-11-19-13-12-18-2/h8,10H,3-7,9,11-13H2,1-2H3,(H,15,16). The lowest BCUT2D eigenvalue weighted by Gasteiger charge is -2.09. The number of nitrogens with one attached hydrogen (secondary N) is 1. The van der Waals surface area contributed by atoms with Crippen LogP contribution in [-0.2, 0) is 16.0 Å². The van der Waals surface area contributed by atoms with Crippen LogP contribution >= 0.6 is 0 Å². The van der Waals surface area contributed by atoms with Crippen molar-refractivity contribution in [3.63, 3.8) is 0 Å². The van der Waals surface area contributed by atoms with E-state index in [0.29, 0.717) is 13.2 Å². The summed E-state index contributed by atoms with van der Waals surface area (Å²) >= 11 is 0. The number of methoxy groups -OCH3 is 1. The average molecular weight is 269 g/mol. The van der Waals surface area contributed by atoms with Crippen LogP contribution in [0.4, 0.5) is 5.95 Å². The van der Waals surface area contributed by atoms with E-state index in [9.17, 15) is 0 Å². The van der Waals surface area contributed by atoms with Gasteiger partial charge < -0.3 is 19.4 Å². The summed E-state index contributed by atoms with van der Waals surface area (Å²) in [6.07, 6.45) is 8.43. The zero-order valence-corrected chi connectivity index (χ0v) is 12.2. The van der Waals surface area contributed by atoms with Gasteiger partial charge in [-0.25, -0.2) is 4.98 Å². The topological polar surface area (TPSA) is 48.3 Å². The third-order valence-corrected chi connectivity index (χ3v) is 2.90. The molecule has 5 nitrogen and oxygen atoms in total. The van der Waals surface area contributed by atoms with E-state index < -0.39 is 0 Å². The van der Waals surface area contributed by atoms with Gasteiger partial charge in [-0.05, 0) is 19.3 Å². The lowest BCUT2D eigenvalue weighted by molar-refractivity contribution is 0.0684. The summed E-state index contributed by atoms with van der Waals surface area (Å²) in [4.78, 5) is 4.33. The number of hydrogen-bond acceptors (Lipinski definition) is 4. The quantitative estimate of drug-likeness (QED) is 0.592. The first-order valence-electron chi connectivity index (χ1n) is 7.20. The van der Waals surface area contributed by atoms with Gasteiger partial charge in [-0.15, -0.1) is 0 Å². The highest BCUT2D eigenvalue weighted by Crippen LogP contribution is 2.07. The predicted molar refractivity (Wildman–Crippen MR) is 77.6 cm³/mol. The number of imidazole rings is 1.